The van der Waals surface area contributed by atoms with E-state index in [9.17, 15) is 28.8 Å². The highest BCUT2D eigenvalue weighted by Crippen LogP contribution is 2.56. The minimum Gasteiger partial charge on any atom is -0.458 e. The normalized spacial score (nSPS) is 14.1. The standard InChI is InChI=1S/C43H26N2O9S2/c46-35-25-15-7-8-16-26(25)36(47)33(35)44-31-19-29-39(55-31)40-30(20-32(56-40)45-34-37(48)27-17-9-10-18-28(27)38(34)49)54-43(29,41(50)52-21-23-11-3-1-4-12-23)42(51)53-22-24-13-5-2-6-14-24/h1-20,33,44H,21-22H2. The maximum atomic E-state index is 14.5. The van der Waals surface area contributed by atoms with E-state index in [0.717, 1.165) is 22.7 Å². The molecule has 7 aromatic rings. The first kappa shape index (κ1) is 34.9. The minimum absolute atomic E-state index is 0.0411. The highest BCUT2D eigenvalue weighted by molar-refractivity contribution is 7.26. The number of thiophene rings is 2. The van der Waals surface area contributed by atoms with Crippen molar-refractivity contribution in [3.05, 3.63) is 175 Å². The molecule has 56 heavy (non-hydrogen) atoms. The molecule has 0 spiro atoms. The molecule has 1 N–H and O–H groups in total. The number of ether oxygens (including phenoxy) is 3. The molecule has 0 radical (unpaired) electrons. The summed E-state index contributed by atoms with van der Waals surface area (Å²) in [7, 11) is 0. The van der Waals surface area contributed by atoms with E-state index >= 15 is 0 Å². The minimum atomic E-state index is -2.53. The van der Waals surface area contributed by atoms with Gasteiger partial charge in [0.15, 0.2) is 23.0 Å². The van der Waals surface area contributed by atoms with Gasteiger partial charge in [-0.05, 0) is 17.2 Å². The van der Waals surface area contributed by atoms with Crippen LogP contribution in [0.25, 0.3) is 20.5 Å². The molecule has 2 aromatic heterocycles. The van der Waals surface area contributed by atoms with Gasteiger partial charge >= 0.3 is 17.5 Å². The molecule has 2 aliphatic rings. The second-order valence-corrected chi connectivity index (χ2v) is 15.1. The van der Waals surface area contributed by atoms with Gasteiger partial charge in [0.05, 0.1) is 14.8 Å². The summed E-state index contributed by atoms with van der Waals surface area (Å²) in [5.74, 6) is -2.96. The Kier molecular flexibility index (Phi) is 8.59. The number of rotatable bonds is 9. The van der Waals surface area contributed by atoms with Crippen LogP contribution in [0.15, 0.2) is 136 Å². The fourth-order valence-corrected chi connectivity index (χ4v) is 9.11. The number of hydrogen-bond donors (Lipinski definition) is 1. The number of benzene rings is 4. The van der Waals surface area contributed by atoms with Crippen molar-refractivity contribution in [3.8, 4) is 15.5 Å². The second kappa shape index (κ2) is 13.8. The van der Waals surface area contributed by atoms with Gasteiger partial charge in [0.1, 0.15) is 24.0 Å². The Hall–Kier alpha value is -6.83. The van der Waals surface area contributed by atoms with E-state index < -0.39 is 46.0 Å². The summed E-state index contributed by atoms with van der Waals surface area (Å²) >= 11 is 2.14. The van der Waals surface area contributed by atoms with Crippen LogP contribution >= 0.6 is 22.7 Å². The quantitative estimate of drug-likeness (QED) is 0.129. The van der Waals surface area contributed by atoms with E-state index in [-0.39, 0.29) is 61.8 Å². The molecule has 0 saturated carbocycles. The lowest BCUT2D eigenvalue weighted by Gasteiger charge is -2.33. The van der Waals surface area contributed by atoms with Crippen molar-refractivity contribution in [3.63, 3.8) is 0 Å². The van der Waals surface area contributed by atoms with Gasteiger partial charge in [0.2, 0.25) is 10.9 Å². The van der Waals surface area contributed by atoms with Crippen molar-refractivity contribution in [1.82, 2.24) is 0 Å². The average molecular weight is 779 g/mol. The highest BCUT2D eigenvalue weighted by Gasteiger charge is 2.59. The van der Waals surface area contributed by atoms with Crippen LogP contribution in [0.4, 0.5) is 10.0 Å². The van der Waals surface area contributed by atoms with Crippen LogP contribution < -0.4 is 26.3 Å². The number of anilines is 1. The van der Waals surface area contributed by atoms with E-state index in [2.05, 4.69) is 10.3 Å². The number of nitrogens with one attached hydrogen (secondary N) is 1. The predicted octanol–water partition coefficient (Wildman–Crippen LogP) is 6.39. The van der Waals surface area contributed by atoms with E-state index in [1.54, 1.807) is 97.1 Å². The molecule has 0 fully saturated rings. The van der Waals surface area contributed by atoms with Crippen molar-refractivity contribution in [2.45, 2.75) is 24.9 Å². The largest absolute Gasteiger partial charge is 0.458 e. The van der Waals surface area contributed by atoms with Gasteiger partial charge in [-0.2, -0.15) is 0 Å². The zero-order valence-electron chi connectivity index (χ0n) is 29.0. The molecular formula is C43H26N2O9S2. The first-order valence-electron chi connectivity index (χ1n) is 17.3. The van der Waals surface area contributed by atoms with Crippen LogP contribution in [0, 0.1) is 0 Å². The molecule has 0 atom stereocenters. The summed E-state index contributed by atoms with van der Waals surface area (Å²) in [6.07, 6.45) is 0. The van der Waals surface area contributed by atoms with Gasteiger partial charge in [0, 0.05) is 33.5 Å². The van der Waals surface area contributed by atoms with Gasteiger partial charge < -0.3 is 19.5 Å². The average Bonchev–Trinajstić information content (AvgIpc) is 3.97. The van der Waals surface area contributed by atoms with E-state index in [1.807, 2.05) is 12.1 Å². The van der Waals surface area contributed by atoms with Gasteiger partial charge in [-0.15, -0.1) is 22.7 Å². The van der Waals surface area contributed by atoms with Crippen LogP contribution in [0.5, 0.6) is 5.75 Å². The Morgan fingerprint density at radius 3 is 1.73 bits per heavy atom. The molecule has 1 aliphatic carbocycles. The smallest absolute Gasteiger partial charge is 0.367 e. The van der Waals surface area contributed by atoms with Gasteiger partial charge in [0.25, 0.3) is 0 Å². The molecule has 1 aliphatic heterocycles. The molecule has 0 saturated heterocycles. The monoisotopic (exact) mass is 778 g/mol. The lowest BCUT2D eigenvalue weighted by Crippen LogP contribution is -2.52. The topological polar surface area (TPSA) is 154 Å². The molecule has 0 unspecified atom stereocenters. The molecule has 0 amide bonds. The number of carbonyl (C=O) groups excluding carboxylic acids is 4. The summed E-state index contributed by atoms with van der Waals surface area (Å²) in [5.41, 5.74) is -1.68. The third kappa shape index (κ3) is 5.76. The highest BCUT2D eigenvalue weighted by atomic mass is 32.1. The summed E-state index contributed by atoms with van der Waals surface area (Å²) in [4.78, 5) is 87.7. The Bertz CT molecular complexity index is 2770. The molecular weight excluding hydrogens is 753 g/mol. The van der Waals surface area contributed by atoms with E-state index in [0.29, 0.717) is 20.9 Å². The SMILES string of the molecule is O=C1c2ccccc2C(=O)C1Nc1cc2c(s1)-c1sc(N=c3c(=O)c4ccccc4c3=O)cc1OC2(C(=O)OCc1ccccc1)C(=O)OCc1ccccc1. The van der Waals surface area contributed by atoms with Crippen molar-refractivity contribution in [2.75, 3.05) is 5.32 Å². The van der Waals surface area contributed by atoms with Crippen LogP contribution in [-0.2, 0) is 37.9 Å². The Morgan fingerprint density at radius 1 is 0.661 bits per heavy atom. The Balaban J connectivity index is 1.18. The Morgan fingerprint density at radius 2 is 1.18 bits per heavy atom. The summed E-state index contributed by atoms with van der Waals surface area (Å²) in [6.45, 7) is -0.407. The maximum absolute atomic E-state index is 14.5. The van der Waals surface area contributed by atoms with Gasteiger partial charge in [-0.25, -0.2) is 14.6 Å². The van der Waals surface area contributed by atoms with Crippen LogP contribution in [0.2, 0.25) is 0 Å². The lowest BCUT2D eigenvalue weighted by atomic mass is 9.91. The fourth-order valence-electron chi connectivity index (χ4n) is 6.86. The van der Waals surface area contributed by atoms with Crippen LogP contribution in [0.1, 0.15) is 37.4 Å². The number of Topliss-reactive ketones (excluding diaryl/α,β-unsaturated/α-hetero) is 2. The van der Waals surface area contributed by atoms with Crippen LogP contribution in [-0.4, -0.2) is 29.5 Å². The van der Waals surface area contributed by atoms with E-state index in [4.69, 9.17) is 14.2 Å². The van der Waals surface area contributed by atoms with Crippen molar-refractivity contribution in [2.24, 2.45) is 4.99 Å². The number of hydrogen-bond acceptors (Lipinski definition) is 13. The number of fused-ring (bicyclic) bond motifs is 5. The summed E-state index contributed by atoms with van der Waals surface area (Å²) in [5, 5.41) is 3.71. The number of esters is 2. The lowest BCUT2D eigenvalue weighted by molar-refractivity contribution is -0.183. The first-order chi connectivity index (χ1) is 27.2. The maximum Gasteiger partial charge on any atom is 0.367 e. The molecule has 11 nitrogen and oxygen atoms in total. The molecule has 0 bridgehead atoms. The Labute approximate surface area is 324 Å². The molecule has 3 heterocycles. The van der Waals surface area contributed by atoms with Gasteiger partial charge in [-0.1, -0.05) is 109 Å². The van der Waals surface area contributed by atoms with Crippen molar-refractivity contribution >= 4 is 67.0 Å². The van der Waals surface area contributed by atoms with Crippen LogP contribution in [0.3, 0.4) is 0 Å². The van der Waals surface area contributed by atoms with Crippen molar-refractivity contribution < 1.29 is 33.4 Å². The molecule has 5 aromatic carbocycles. The summed E-state index contributed by atoms with van der Waals surface area (Å²) in [6, 6.07) is 32.4. The predicted molar refractivity (Wildman–Crippen MR) is 209 cm³/mol. The third-order valence-electron chi connectivity index (χ3n) is 9.60. The fraction of sp³-hybridized carbons (Fsp3) is 0.0930. The van der Waals surface area contributed by atoms with Gasteiger partial charge in [-0.3, -0.25) is 19.2 Å². The number of nitrogens with zero attached hydrogens (tertiary/aromatic N) is 1. The summed E-state index contributed by atoms with van der Waals surface area (Å²) < 4.78 is 18.1. The number of ketones is 2. The zero-order valence-corrected chi connectivity index (χ0v) is 30.6. The number of carbonyl (C=O) groups is 4. The first-order valence-corrected chi connectivity index (χ1v) is 19.0. The van der Waals surface area contributed by atoms with Crippen molar-refractivity contribution in [1.29, 1.82) is 0 Å². The zero-order chi connectivity index (χ0) is 38.6. The third-order valence-corrected chi connectivity index (χ3v) is 11.8. The van der Waals surface area contributed by atoms with E-state index in [1.165, 1.54) is 12.1 Å². The second-order valence-electron chi connectivity index (χ2n) is 13.1. The molecule has 13 heteroatoms. The molecule has 9 rings (SSSR count). The molecule has 274 valence electrons.